The number of alkyl halides is 1. The van der Waals surface area contributed by atoms with Gasteiger partial charge in [0.25, 0.3) is 0 Å². The Morgan fingerprint density at radius 3 is 2.33 bits per heavy atom. The number of aliphatic hydroxyl groups excluding tert-OH is 1. The molecule has 0 heterocycles. The highest BCUT2D eigenvalue weighted by atomic mass is 35.5. The summed E-state index contributed by atoms with van der Waals surface area (Å²) in [5.41, 5.74) is 4.94. The zero-order valence-electron chi connectivity index (χ0n) is 4.62. The van der Waals surface area contributed by atoms with Crippen molar-refractivity contribution < 1.29 is 15.0 Å². The summed E-state index contributed by atoms with van der Waals surface area (Å²) in [4.78, 5) is 9.96. The SMILES string of the molecule is N[C@@H](C(=O)O)[C@H](O)CCl. The maximum absolute atomic E-state index is 9.96. The summed E-state index contributed by atoms with van der Waals surface area (Å²) in [6.45, 7) is 0. The van der Waals surface area contributed by atoms with Gasteiger partial charge in [0.05, 0.1) is 12.0 Å². The Morgan fingerprint density at radius 1 is 1.78 bits per heavy atom. The molecular formula is C4H8ClNO3. The molecule has 0 aliphatic heterocycles. The van der Waals surface area contributed by atoms with Crippen molar-refractivity contribution in [2.45, 2.75) is 12.1 Å². The fourth-order valence-corrected chi connectivity index (χ4v) is 0.453. The molecule has 0 rings (SSSR count). The highest BCUT2D eigenvalue weighted by molar-refractivity contribution is 6.18. The van der Waals surface area contributed by atoms with Gasteiger partial charge in [-0.05, 0) is 0 Å². The molecule has 0 aromatic heterocycles. The lowest BCUT2D eigenvalue weighted by Gasteiger charge is -2.09. The van der Waals surface area contributed by atoms with Gasteiger partial charge in [-0.15, -0.1) is 11.6 Å². The van der Waals surface area contributed by atoms with Crippen LogP contribution in [0.2, 0.25) is 0 Å². The van der Waals surface area contributed by atoms with E-state index >= 15 is 0 Å². The summed E-state index contributed by atoms with van der Waals surface area (Å²) in [7, 11) is 0. The highest BCUT2D eigenvalue weighted by Crippen LogP contribution is 1.92. The first-order valence-electron chi connectivity index (χ1n) is 2.32. The monoisotopic (exact) mass is 153 g/mol. The molecule has 0 aromatic carbocycles. The second-order valence-corrected chi connectivity index (χ2v) is 1.89. The van der Waals surface area contributed by atoms with Crippen molar-refractivity contribution in [3.63, 3.8) is 0 Å². The van der Waals surface area contributed by atoms with Crippen LogP contribution in [0.5, 0.6) is 0 Å². The first-order chi connectivity index (χ1) is 4.09. The number of rotatable bonds is 3. The van der Waals surface area contributed by atoms with Gasteiger partial charge in [-0.25, -0.2) is 0 Å². The molecule has 0 aromatic rings. The van der Waals surface area contributed by atoms with Crippen molar-refractivity contribution in [2.75, 3.05) is 5.88 Å². The molecule has 4 nitrogen and oxygen atoms in total. The van der Waals surface area contributed by atoms with Crippen LogP contribution in [0.25, 0.3) is 0 Å². The van der Waals surface area contributed by atoms with E-state index in [9.17, 15) is 4.79 Å². The Kier molecular flexibility index (Phi) is 3.53. The van der Waals surface area contributed by atoms with Gasteiger partial charge in [0.1, 0.15) is 6.04 Å². The van der Waals surface area contributed by atoms with Gasteiger partial charge < -0.3 is 15.9 Å². The molecule has 0 aliphatic carbocycles. The molecule has 0 radical (unpaired) electrons. The van der Waals surface area contributed by atoms with Gasteiger partial charge >= 0.3 is 5.97 Å². The van der Waals surface area contributed by atoms with E-state index in [1.54, 1.807) is 0 Å². The maximum Gasteiger partial charge on any atom is 0.323 e. The summed E-state index contributed by atoms with van der Waals surface area (Å²) in [6.07, 6.45) is -1.16. The first kappa shape index (κ1) is 8.68. The van der Waals surface area contributed by atoms with Crippen LogP contribution in [-0.4, -0.2) is 34.2 Å². The van der Waals surface area contributed by atoms with E-state index in [0.717, 1.165) is 0 Å². The molecule has 9 heavy (non-hydrogen) atoms. The van der Waals surface area contributed by atoms with Crippen LogP contribution in [0.15, 0.2) is 0 Å². The minimum Gasteiger partial charge on any atom is -0.480 e. The van der Waals surface area contributed by atoms with Crippen molar-refractivity contribution in [2.24, 2.45) is 5.73 Å². The number of aliphatic hydroxyl groups is 1. The lowest BCUT2D eigenvalue weighted by molar-refractivity contribution is -0.140. The molecule has 0 unspecified atom stereocenters. The van der Waals surface area contributed by atoms with E-state index in [4.69, 9.17) is 27.5 Å². The number of aliphatic carboxylic acids is 1. The predicted molar refractivity (Wildman–Crippen MR) is 32.3 cm³/mol. The van der Waals surface area contributed by atoms with Crippen molar-refractivity contribution in [1.29, 1.82) is 0 Å². The molecular weight excluding hydrogens is 146 g/mol. The van der Waals surface area contributed by atoms with E-state index in [1.807, 2.05) is 0 Å². The molecule has 0 saturated carbocycles. The lowest BCUT2D eigenvalue weighted by Crippen LogP contribution is -2.42. The Morgan fingerprint density at radius 2 is 2.22 bits per heavy atom. The van der Waals surface area contributed by atoms with E-state index in [2.05, 4.69) is 0 Å². The molecule has 0 saturated heterocycles. The number of hydrogen-bond acceptors (Lipinski definition) is 3. The van der Waals surface area contributed by atoms with Crippen LogP contribution in [-0.2, 0) is 4.79 Å². The number of carbonyl (C=O) groups is 1. The average molecular weight is 154 g/mol. The molecule has 2 atom stereocenters. The molecule has 0 spiro atoms. The second-order valence-electron chi connectivity index (χ2n) is 1.59. The number of carboxylic acids is 1. The van der Waals surface area contributed by atoms with E-state index < -0.39 is 18.1 Å². The van der Waals surface area contributed by atoms with Gasteiger partial charge in [0, 0.05) is 0 Å². The summed E-state index contributed by atoms with van der Waals surface area (Å²) in [6, 6.07) is -1.28. The van der Waals surface area contributed by atoms with E-state index in [0.29, 0.717) is 0 Å². The molecule has 0 bridgehead atoms. The minimum absolute atomic E-state index is 0.159. The Hall–Kier alpha value is -0.320. The molecule has 54 valence electrons. The van der Waals surface area contributed by atoms with Gasteiger partial charge in [-0.1, -0.05) is 0 Å². The van der Waals surface area contributed by atoms with Crippen LogP contribution < -0.4 is 5.73 Å². The van der Waals surface area contributed by atoms with Crippen LogP contribution in [0.4, 0.5) is 0 Å². The largest absolute Gasteiger partial charge is 0.480 e. The number of hydrogen-bond donors (Lipinski definition) is 3. The molecule has 4 N–H and O–H groups in total. The van der Waals surface area contributed by atoms with E-state index in [-0.39, 0.29) is 5.88 Å². The zero-order chi connectivity index (χ0) is 7.44. The normalized spacial score (nSPS) is 16.8. The van der Waals surface area contributed by atoms with Crippen LogP contribution in [0.3, 0.4) is 0 Å². The third-order valence-corrected chi connectivity index (χ3v) is 1.17. The van der Waals surface area contributed by atoms with Crippen LogP contribution >= 0.6 is 11.6 Å². The lowest BCUT2D eigenvalue weighted by atomic mass is 10.2. The fourth-order valence-electron chi connectivity index (χ4n) is 0.261. The third-order valence-electron chi connectivity index (χ3n) is 0.858. The third kappa shape index (κ3) is 2.64. The Labute approximate surface area is 57.2 Å². The maximum atomic E-state index is 9.96. The summed E-state index contributed by atoms with van der Waals surface area (Å²) in [5, 5.41) is 16.8. The average Bonchev–Trinajstić information content (AvgIpc) is 1.84. The first-order valence-corrected chi connectivity index (χ1v) is 2.85. The Bertz CT molecular complexity index is 108. The number of nitrogens with two attached hydrogens (primary N) is 1. The van der Waals surface area contributed by atoms with Crippen LogP contribution in [0.1, 0.15) is 0 Å². The fraction of sp³-hybridized carbons (Fsp3) is 0.750. The molecule has 5 heteroatoms. The smallest absolute Gasteiger partial charge is 0.323 e. The predicted octanol–water partition coefficient (Wildman–Crippen LogP) is -1.00. The van der Waals surface area contributed by atoms with Crippen molar-refractivity contribution >= 4 is 17.6 Å². The summed E-state index contributed by atoms with van der Waals surface area (Å²) >= 11 is 5.10. The molecule has 0 aliphatic rings. The zero-order valence-corrected chi connectivity index (χ0v) is 5.38. The van der Waals surface area contributed by atoms with Gasteiger partial charge in [-0.2, -0.15) is 0 Å². The summed E-state index contributed by atoms with van der Waals surface area (Å²) in [5.74, 6) is -1.41. The van der Waals surface area contributed by atoms with Gasteiger partial charge in [0.15, 0.2) is 0 Å². The number of halogens is 1. The minimum atomic E-state index is -1.28. The second kappa shape index (κ2) is 3.66. The highest BCUT2D eigenvalue weighted by Gasteiger charge is 2.20. The standard InChI is InChI=1S/C4H8ClNO3/c5-1-2(7)3(6)4(8)9/h2-3,7H,1,6H2,(H,8,9)/t2-,3-/m1/s1. The van der Waals surface area contributed by atoms with Gasteiger partial charge in [-0.3, -0.25) is 4.79 Å². The van der Waals surface area contributed by atoms with Crippen molar-refractivity contribution in [3.8, 4) is 0 Å². The van der Waals surface area contributed by atoms with Crippen molar-refractivity contribution in [3.05, 3.63) is 0 Å². The van der Waals surface area contributed by atoms with Crippen molar-refractivity contribution in [1.82, 2.24) is 0 Å². The topological polar surface area (TPSA) is 83.6 Å². The molecule has 0 fully saturated rings. The summed E-state index contributed by atoms with van der Waals surface area (Å²) < 4.78 is 0. The molecule has 0 amide bonds. The van der Waals surface area contributed by atoms with Crippen LogP contribution in [0, 0.1) is 0 Å². The number of carboxylic acid groups (broad SMARTS) is 1. The quantitative estimate of drug-likeness (QED) is 0.454. The Balaban J connectivity index is 3.72. The van der Waals surface area contributed by atoms with E-state index in [1.165, 1.54) is 0 Å². The van der Waals surface area contributed by atoms with Gasteiger partial charge in [0.2, 0.25) is 0 Å².